The van der Waals surface area contributed by atoms with Crippen molar-refractivity contribution in [3.63, 3.8) is 0 Å². The third-order valence-electron chi connectivity index (χ3n) is 5.66. The lowest BCUT2D eigenvalue weighted by atomic mass is 9.65. The Labute approximate surface area is 149 Å². The normalized spacial score (nSPS) is 29.4. The maximum atomic E-state index is 12.7. The number of carbonyl (C=O) groups is 1. The van der Waals surface area contributed by atoms with Gasteiger partial charge in [0.2, 0.25) is 15.9 Å². The molecular formula is C18H27N3O3S. The first-order chi connectivity index (χ1) is 11.8. The minimum atomic E-state index is -3.51. The van der Waals surface area contributed by atoms with Crippen molar-refractivity contribution in [1.82, 2.24) is 4.31 Å². The molecule has 6 nitrogen and oxygen atoms in total. The molecule has 0 spiro atoms. The highest BCUT2D eigenvalue weighted by Gasteiger charge is 2.40. The van der Waals surface area contributed by atoms with E-state index in [0.717, 1.165) is 30.0 Å². The van der Waals surface area contributed by atoms with Crippen molar-refractivity contribution >= 4 is 21.6 Å². The van der Waals surface area contributed by atoms with Crippen molar-refractivity contribution in [2.45, 2.75) is 43.0 Å². The number of hydrogen-bond donors (Lipinski definition) is 2. The van der Waals surface area contributed by atoms with Crippen molar-refractivity contribution in [3.8, 4) is 0 Å². The van der Waals surface area contributed by atoms with Crippen LogP contribution in [0.4, 0.5) is 5.69 Å². The van der Waals surface area contributed by atoms with Crippen LogP contribution in [0.2, 0.25) is 0 Å². The first kappa shape index (κ1) is 18.4. The summed E-state index contributed by atoms with van der Waals surface area (Å²) in [4.78, 5) is 12.9. The molecule has 7 heteroatoms. The molecule has 2 bridgehead atoms. The number of nitrogens with zero attached hydrogens (tertiary/aromatic N) is 1. The second-order valence-electron chi connectivity index (χ2n) is 7.50. The van der Waals surface area contributed by atoms with Gasteiger partial charge in [0.25, 0.3) is 0 Å². The second-order valence-corrected chi connectivity index (χ2v) is 9.65. The summed E-state index contributed by atoms with van der Waals surface area (Å²) in [6.07, 6.45) is 5.09. The molecule has 0 heterocycles. The predicted molar refractivity (Wildman–Crippen MR) is 97.5 cm³/mol. The summed E-state index contributed by atoms with van der Waals surface area (Å²) < 4.78 is 25.6. The Bertz CT molecular complexity index is 734. The highest BCUT2D eigenvalue weighted by molar-refractivity contribution is 7.89. The fraction of sp³-hybridized carbons (Fsp3) is 0.611. The van der Waals surface area contributed by atoms with E-state index >= 15 is 0 Å². The van der Waals surface area contributed by atoms with Gasteiger partial charge < -0.3 is 11.1 Å². The molecule has 0 radical (unpaired) electrons. The van der Waals surface area contributed by atoms with Crippen LogP contribution in [-0.2, 0) is 14.8 Å². The standard InChI is InChI=1S/C18H27N3O3S/c1-21(2)25(23,24)16-8-4-7-15(11-16)20-18(22)14-9-12-5-3-6-13(10-14)17(12)19/h4,7-8,11-14,17H,3,5-6,9-10,19H2,1-2H3,(H,20,22). The average molecular weight is 365 g/mol. The Morgan fingerprint density at radius 3 is 2.44 bits per heavy atom. The number of anilines is 1. The number of fused-ring (bicyclic) bond motifs is 2. The van der Waals surface area contributed by atoms with Crippen LogP contribution < -0.4 is 11.1 Å². The monoisotopic (exact) mass is 365 g/mol. The topological polar surface area (TPSA) is 92.5 Å². The molecule has 3 rings (SSSR count). The summed E-state index contributed by atoms with van der Waals surface area (Å²) in [7, 11) is -0.533. The lowest BCUT2D eigenvalue weighted by Gasteiger charge is -2.43. The van der Waals surface area contributed by atoms with Crippen molar-refractivity contribution in [1.29, 1.82) is 0 Å². The van der Waals surface area contributed by atoms with E-state index in [1.54, 1.807) is 12.1 Å². The zero-order valence-corrected chi connectivity index (χ0v) is 15.6. The Morgan fingerprint density at radius 1 is 1.20 bits per heavy atom. The van der Waals surface area contributed by atoms with E-state index in [2.05, 4.69) is 5.32 Å². The van der Waals surface area contributed by atoms with E-state index in [0.29, 0.717) is 17.5 Å². The maximum Gasteiger partial charge on any atom is 0.242 e. The molecule has 2 fully saturated rings. The molecule has 0 saturated heterocycles. The van der Waals surface area contributed by atoms with E-state index < -0.39 is 10.0 Å². The molecule has 0 aromatic heterocycles. The SMILES string of the molecule is CN(C)S(=O)(=O)c1cccc(NC(=O)C2CC3CCCC(C2)C3N)c1. The Balaban J connectivity index is 1.72. The van der Waals surface area contributed by atoms with Gasteiger partial charge in [-0.2, -0.15) is 0 Å². The van der Waals surface area contributed by atoms with Crippen molar-refractivity contribution in [2.75, 3.05) is 19.4 Å². The molecule has 2 unspecified atom stereocenters. The highest BCUT2D eigenvalue weighted by Crippen LogP contribution is 2.42. The van der Waals surface area contributed by atoms with Gasteiger partial charge in [-0.3, -0.25) is 4.79 Å². The number of rotatable bonds is 4. The average Bonchev–Trinajstić information content (AvgIpc) is 2.54. The molecule has 3 N–H and O–H groups in total. The molecule has 2 saturated carbocycles. The largest absolute Gasteiger partial charge is 0.327 e. The third kappa shape index (κ3) is 3.73. The van der Waals surface area contributed by atoms with Crippen LogP contribution in [0.5, 0.6) is 0 Å². The zero-order chi connectivity index (χ0) is 18.2. The molecule has 1 aromatic rings. The fourth-order valence-corrected chi connectivity index (χ4v) is 5.14. The molecule has 138 valence electrons. The van der Waals surface area contributed by atoms with Crippen LogP contribution >= 0.6 is 0 Å². The molecular weight excluding hydrogens is 338 g/mol. The van der Waals surface area contributed by atoms with Crippen LogP contribution in [0.3, 0.4) is 0 Å². The van der Waals surface area contributed by atoms with Gasteiger partial charge in [-0.05, 0) is 55.7 Å². The molecule has 1 aromatic carbocycles. The van der Waals surface area contributed by atoms with Gasteiger partial charge in [0.1, 0.15) is 0 Å². The van der Waals surface area contributed by atoms with Crippen LogP contribution in [0.25, 0.3) is 0 Å². The van der Waals surface area contributed by atoms with E-state index in [4.69, 9.17) is 5.73 Å². The summed E-state index contributed by atoms with van der Waals surface area (Å²) in [5, 5.41) is 2.90. The number of benzene rings is 1. The Kier molecular flexibility index (Phi) is 5.18. The van der Waals surface area contributed by atoms with Crippen LogP contribution in [0, 0.1) is 17.8 Å². The Morgan fingerprint density at radius 2 is 1.84 bits per heavy atom. The summed E-state index contributed by atoms with van der Waals surface area (Å²) in [6.45, 7) is 0. The van der Waals surface area contributed by atoms with E-state index in [-0.39, 0.29) is 22.8 Å². The van der Waals surface area contributed by atoms with Crippen molar-refractivity contribution in [3.05, 3.63) is 24.3 Å². The van der Waals surface area contributed by atoms with Gasteiger partial charge >= 0.3 is 0 Å². The molecule has 1 amide bonds. The first-order valence-corrected chi connectivity index (χ1v) is 10.3. The minimum absolute atomic E-state index is 0.0248. The zero-order valence-electron chi connectivity index (χ0n) is 14.8. The van der Waals surface area contributed by atoms with Gasteiger partial charge in [-0.15, -0.1) is 0 Å². The molecule has 2 atom stereocenters. The van der Waals surface area contributed by atoms with Gasteiger partial charge in [-0.25, -0.2) is 12.7 Å². The first-order valence-electron chi connectivity index (χ1n) is 8.88. The van der Waals surface area contributed by atoms with Crippen LogP contribution in [-0.4, -0.2) is 38.8 Å². The number of nitrogens with two attached hydrogens (primary N) is 1. The number of amides is 1. The van der Waals surface area contributed by atoms with Crippen LogP contribution in [0.15, 0.2) is 29.2 Å². The van der Waals surface area contributed by atoms with Gasteiger partial charge in [-0.1, -0.05) is 12.5 Å². The van der Waals surface area contributed by atoms with Crippen molar-refractivity contribution in [2.24, 2.45) is 23.5 Å². The van der Waals surface area contributed by atoms with Gasteiger partial charge in [0.05, 0.1) is 4.90 Å². The number of sulfonamides is 1. The van der Waals surface area contributed by atoms with Gasteiger partial charge in [0.15, 0.2) is 0 Å². The quantitative estimate of drug-likeness (QED) is 0.854. The smallest absolute Gasteiger partial charge is 0.242 e. The second kappa shape index (κ2) is 7.05. The highest BCUT2D eigenvalue weighted by atomic mass is 32.2. The number of carbonyl (C=O) groups excluding carboxylic acids is 1. The third-order valence-corrected chi connectivity index (χ3v) is 7.48. The number of hydrogen-bond acceptors (Lipinski definition) is 4. The lowest BCUT2D eigenvalue weighted by Crippen LogP contribution is -2.48. The number of nitrogens with one attached hydrogen (secondary N) is 1. The van der Waals surface area contributed by atoms with E-state index in [1.807, 2.05) is 0 Å². The molecule has 0 aliphatic heterocycles. The molecule has 2 aliphatic carbocycles. The summed E-state index contributed by atoms with van der Waals surface area (Å²) in [5.41, 5.74) is 6.81. The summed E-state index contributed by atoms with van der Waals surface area (Å²) >= 11 is 0. The maximum absolute atomic E-state index is 12.7. The van der Waals surface area contributed by atoms with Gasteiger partial charge in [0, 0.05) is 31.7 Å². The summed E-state index contributed by atoms with van der Waals surface area (Å²) in [6, 6.07) is 6.66. The van der Waals surface area contributed by atoms with E-state index in [1.165, 1.54) is 32.6 Å². The Hall–Kier alpha value is -1.44. The molecule has 2 aliphatic rings. The predicted octanol–water partition coefficient (Wildman–Crippen LogP) is 2.03. The fourth-order valence-electron chi connectivity index (χ4n) is 4.19. The van der Waals surface area contributed by atoms with Crippen LogP contribution in [0.1, 0.15) is 32.1 Å². The van der Waals surface area contributed by atoms with E-state index in [9.17, 15) is 13.2 Å². The molecule has 25 heavy (non-hydrogen) atoms. The van der Waals surface area contributed by atoms with Crippen molar-refractivity contribution < 1.29 is 13.2 Å². The lowest BCUT2D eigenvalue weighted by molar-refractivity contribution is -0.122. The summed E-state index contributed by atoms with van der Waals surface area (Å²) in [5.74, 6) is 0.805. The minimum Gasteiger partial charge on any atom is -0.327 e.